The minimum atomic E-state index is -0.262. The van der Waals surface area contributed by atoms with E-state index in [1.54, 1.807) is 12.1 Å². The Kier molecular flexibility index (Phi) is 6.05. The molecule has 6 nitrogen and oxygen atoms in total. The highest BCUT2D eigenvalue weighted by Gasteiger charge is 2.08. The van der Waals surface area contributed by atoms with Crippen molar-refractivity contribution in [2.45, 2.75) is 13.3 Å². The highest BCUT2D eigenvalue weighted by atomic mass is 16.1. The molecule has 0 aliphatic carbocycles. The minimum Gasteiger partial charge on any atom is -0.367 e. The van der Waals surface area contributed by atoms with Gasteiger partial charge in [0.05, 0.1) is 0 Å². The van der Waals surface area contributed by atoms with E-state index in [-0.39, 0.29) is 5.91 Å². The van der Waals surface area contributed by atoms with E-state index in [1.165, 1.54) is 5.56 Å². The molecule has 0 radical (unpaired) electrons. The van der Waals surface area contributed by atoms with E-state index in [4.69, 9.17) is 0 Å². The zero-order chi connectivity index (χ0) is 16.7. The van der Waals surface area contributed by atoms with Crippen LogP contribution in [0.2, 0.25) is 0 Å². The lowest BCUT2D eigenvalue weighted by Gasteiger charge is -2.10. The van der Waals surface area contributed by atoms with Crippen molar-refractivity contribution in [3.8, 4) is 0 Å². The Morgan fingerprint density at radius 1 is 1.09 bits per heavy atom. The topological polar surface area (TPSA) is 70.2 Å². The third kappa shape index (κ3) is 5.34. The predicted octanol–water partition coefficient (Wildman–Crippen LogP) is 2.26. The molecular weight excluding hydrogens is 290 g/mol. The summed E-state index contributed by atoms with van der Waals surface area (Å²) in [5, 5.41) is 14.0. The van der Waals surface area contributed by atoms with Gasteiger partial charge in [0.2, 0.25) is 0 Å². The summed E-state index contributed by atoms with van der Waals surface area (Å²) in [7, 11) is 4.02. The van der Waals surface area contributed by atoms with Crippen LogP contribution in [0.4, 0.5) is 11.5 Å². The Labute approximate surface area is 136 Å². The van der Waals surface area contributed by atoms with Crippen molar-refractivity contribution in [2.24, 2.45) is 0 Å². The van der Waals surface area contributed by atoms with E-state index >= 15 is 0 Å². The summed E-state index contributed by atoms with van der Waals surface area (Å²) in [5.41, 5.74) is 2.28. The van der Waals surface area contributed by atoms with Crippen LogP contribution in [0.3, 0.4) is 0 Å². The SMILES string of the molecule is CCc1ccc(NC(=O)c2ccc(NCCN(C)C)nn2)cc1. The fourth-order valence-electron chi connectivity index (χ4n) is 1.97. The molecule has 0 fully saturated rings. The number of amides is 1. The van der Waals surface area contributed by atoms with Crippen molar-refractivity contribution in [2.75, 3.05) is 37.8 Å². The van der Waals surface area contributed by atoms with Crippen LogP contribution < -0.4 is 10.6 Å². The molecule has 0 aliphatic heterocycles. The van der Waals surface area contributed by atoms with Crippen molar-refractivity contribution in [1.82, 2.24) is 15.1 Å². The van der Waals surface area contributed by atoms with Gasteiger partial charge in [-0.15, -0.1) is 10.2 Å². The fraction of sp³-hybridized carbons (Fsp3) is 0.353. The van der Waals surface area contributed by atoms with Gasteiger partial charge in [0.1, 0.15) is 5.82 Å². The first-order valence-electron chi connectivity index (χ1n) is 7.71. The molecule has 1 aromatic carbocycles. The number of anilines is 2. The van der Waals surface area contributed by atoms with E-state index in [0.29, 0.717) is 11.5 Å². The van der Waals surface area contributed by atoms with Gasteiger partial charge >= 0.3 is 0 Å². The van der Waals surface area contributed by atoms with Gasteiger partial charge in [0.15, 0.2) is 5.69 Å². The molecule has 1 aromatic heterocycles. The van der Waals surface area contributed by atoms with Gasteiger partial charge < -0.3 is 15.5 Å². The molecule has 0 aliphatic rings. The Balaban J connectivity index is 1.91. The highest BCUT2D eigenvalue weighted by molar-refractivity contribution is 6.02. The number of nitrogens with zero attached hydrogens (tertiary/aromatic N) is 3. The lowest BCUT2D eigenvalue weighted by Crippen LogP contribution is -2.21. The zero-order valence-corrected chi connectivity index (χ0v) is 13.8. The minimum absolute atomic E-state index is 0.262. The van der Waals surface area contributed by atoms with Crippen LogP contribution >= 0.6 is 0 Å². The average Bonchev–Trinajstić information content (AvgIpc) is 2.56. The summed E-state index contributed by atoms with van der Waals surface area (Å²) in [5.74, 6) is 0.400. The van der Waals surface area contributed by atoms with Crippen LogP contribution in [0.25, 0.3) is 0 Å². The smallest absolute Gasteiger partial charge is 0.276 e. The maximum Gasteiger partial charge on any atom is 0.276 e. The van der Waals surface area contributed by atoms with Crippen LogP contribution in [0, 0.1) is 0 Å². The molecular formula is C17H23N5O. The monoisotopic (exact) mass is 313 g/mol. The summed E-state index contributed by atoms with van der Waals surface area (Å²) in [4.78, 5) is 14.2. The highest BCUT2D eigenvalue weighted by Crippen LogP contribution is 2.11. The van der Waals surface area contributed by atoms with Crippen molar-refractivity contribution in [3.05, 3.63) is 47.7 Å². The van der Waals surface area contributed by atoms with E-state index in [0.717, 1.165) is 25.2 Å². The molecule has 0 bridgehead atoms. The van der Waals surface area contributed by atoms with E-state index in [9.17, 15) is 4.79 Å². The number of benzene rings is 1. The van der Waals surface area contributed by atoms with Crippen molar-refractivity contribution < 1.29 is 4.79 Å². The standard InChI is InChI=1S/C17H23N5O/c1-4-13-5-7-14(8-6-13)19-17(23)15-9-10-16(21-20-15)18-11-12-22(2)3/h5-10H,4,11-12H2,1-3H3,(H,18,21)(H,19,23). The third-order valence-corrected chi connectivity index (χ3v) is 3.38. The Morgan fingerprint density at radius 2 is 1.83 bits per heavy atom. The molecule has 2 N–H and O–H groups in total. The molecule has 23 heavy (non-hydrogen) atoms. The van der Waals surface area contributed by atoms with Crippen LogP contribution in [0.5, 0.6) is 0 Å². The Bertz CT molecular complexity index is 622. The number of aromatic nitrogens is 2. The van der Waals surface area contributed by atoms with Gasteiger partial charge in [0, 0.05) is 18.8 Å². The average molecular weight is 313 g/mol. The molecule has 2 rings (SSSR count). The zero-order valence-electron chi connectivity index (χ0n) is 13.8. The summed E-state index contributed by atoms with van der Waals surface area (Å²) in [6, 6.07) is 11.2. The summed E-state index contributed by atoms with van der Waals surface area (Å²) in [6.45, 7) is 3.77. The Morgan fingerprint density at radius 3 is 2.39 bits per heavy atom. The second-order valence-corrected chi connectivity index (χ2v) is 5.54. The molecule has 2 aromatic rings. The molecule has 1 amide bonds. The van der Waals surface area contributed by atoms with Crippen LogP contribution in [-0.2, 0) is 6.42 Å². The van der Waals surface area contributed by atoms with Gasteiger partial charge in [-0.25, -0.2) is 0 Å². The van der Waals surface area contributed by atoms with Gasteiger partial charge in [-0.3, -0.25) is 4.79 Å². The number of hydrogen-bond donors (Lipinski definition) is 2. The maximum atomic E-state index is 12.1. The second-order valence-electron chi connectivity index (χ2n) is 5.54. The quantitative estimate of drug-likeness (QED) is 0.820. The van der Waals surface area contributed by atoms with Crippen molar-refractivity contribution in [3.63, 3.8) is 0 Å². The van der Waals surface area contributed by atoms with Crippen LogP contribution in [-0.4, -0.2) is 48.2 Å². The first kappa shape index (κ1) is 16.9. The van der Waals surface area contributed by atoms with Gasteiger partial charge in [-0.05, 0) is 50.3 Å². The molecule has 122 valence electrons. The number of carbonyl (C=O) groups is 1. The molecule has 0 saturated heterocycles. The summed E-state index contributed by atoms with van der Waals surface area (Å²) >= 11 is 0. The fourth-order valence-corrected chi connectivity index (χ4v) is 1.97. The summed E-state index contributed by atoms with van der Waals surface area (Å²) < 4.78 is 0. The number of aryl methyl sites for hydroxylation is 1. The van der Waals surface area contributed by atoms with Gasteiger partial charge in [-0.2, -0.15) is 0 Å². The van der Waals surface area contributed by atoms with Crippen molar-refractivity contribution in [1.29, 1.82) is 0 Å². The van der Waals surface area contributed by atoms with E-state index in [2.05, 4.69) is 32.7 Å². The predicted molar refractivity (Wildman–Crippen MR) is 92.8 cm³/mol. The first-order valence-corrected chi connectivity index (χ1v) is 7.71. The molecule has 6 heteroatoms. The molecule has 0 saturated carbocycles. The normalized spacial score (nSPS) is 10.6. The molecule has 1 heterocycles. The molecule has 0 atom stereocenters. The largest absolute Gasteiger partial charge is 0.367 e. The van der Waals surface area contributed by atoms with Crippen molar-refractivity contribution >= 4 is 17.4 Å². The van der Waals surface area contributed by atoms with Gasteiger partial charge in [-0.1, -0.05) is 19.1 Å². The number of hydrogen-bond acceptors (Lipinski definition) is 5. The maximum absolute atomic E-state index is 12.1. The molecule has 0 spiro atoms. The van der Waals surface area contributed by atoms with Gasteiger partial charge in [0.25, 0.3) is 5.91 Å². The number of nitrogens with one attached hydrogen (secondary N) is 2. The first-order chi connectivity index (χ1) is 11.1. The Hall–Kier alpha value is -2.47. The number of likely N-dealkylation sites (N-methyl/N-ethyl adjacent to an activating group) is 1. The lowest BCUT2D eigenvalue weighted by atomic mass is 10.1. The number of rotatable bonds is 7. The van der Waals surface area contributed by atoms with E-state index < -0.39 is 0 Å². The third-order valence-electron chi connectivity index (χ3n) is 3.38. The summed E-state index contributed by atoms with van der Waals surface area (Å²) in [6.07, 6.45) is 0.974. The van der Waals surface area contributed by atoms with E-state index in [1.807, 2.05) is 38.4 Å². The number of carbonyl (C=O) groups excluding carboxylic acids is 1. The lowest BCUT2D eigenvalue weighted by molar-refractivity contribution is 0.102. The second kappa shape index (κ2) is 8.24. The van der Waals surface area contributed by atoms with Crippen LogP contribution in [0.15, 0.2) is 36.4 Å². The van der Waals surface area contributed by atoms with Crippen LogP contribution in [0.1, 0.15) is 23.0 Å². The molecule has 0 unspecified atom stereocenters.